The minimum Gasteiger partial charge on any atom is -0.464 e. The highest BCUT2D eigenvalue weighted by Gasteiger charge is 2.21. The van der Waals surface area contributed by atoms with Crippen molar-refractivity contribution in [1.82, 2.24) is 10.2 Å². The van der Waals surface area contributed by atoms with Crippen LogP contribution in [-0.2, 0) is 17.8 Å². The summed E-state index contributed by atoms with van der Waals surface area (Å²) in [6.45, 7) is 1.51. The molecule has 0 unspecified atom stereocenters. The van der Waals surface area contributed by atoms with E-state index in [1.54, 1.807) is 12.1 Å². The summed E-state index contributed by atoms with van der Waals surface area (Å²) < 4.78 is 4.60. The molecule has 6 heteroatoms. The van der Waals surface area contributed by atoms with Crippen molar-refractivity contribution in [3.63, 3.8) is 0 Å². The summed E-state index contributed by atoms with van der Waals surface area (Å²) in [5, 5.41) is 7.96. The molecule has 0 aliphatic carbocycles. The Morgan fingerprint density at radius 2 is 2.00 bits per heavy atom. The maximum absolute atomic E-state index is 11.3. The Morgan fingerprint density at radius 3 is 2.70 bits per heavy atom. The van der Waals surface area contributed by atoms with Gasteiger partial charge in [-0.1, -0.05) is 6.07 Å². The van der Waals surface area contributed by atoms with Gasteiger partial charge < -0.3 is 15.4 Å². The zero-order valence-electron chi connectivity index (χ0n) is 11.0. The first-order valence-electron chi connectivity index (χ1n) is 6.21. The van der Waals surface area contributed by atoms with E-state index >= 15 is 0 Å². The number of fused-ring (bicyclic) bond motifs is 1. The smallest absolute Gasteiger partial charge is 0.358 e. The lowest BCUT2D eigenvalue weighted by molar-refractivity contribution is 0.0592. The molecular weight excluding hydrogens is 256 g/mol. The Kier molecular flexibility index (Phi) is 2.98. The van der Waals surface area contributed by atoms with E-state index in [0.29, 0.717) is 0 Å². The van der Waals surface area contributed by atoms with Crippen LogP contribution < -0.4 is 10.6 Å². The van der Waals surface area contributed by atoms with Gasteiger partial charge in [0, 0.05) is 18.8 Å². The highest BCUT2D eigenvalue weighted by atomic mass is 16.5. The number of nitrogens with zero attached hydrogens (tertiary/aromatic N) is 3. The van der Waals surface area contributed by atoms with E-state index in [9.17, 15) is 4.79 Å². The SMILES string of the molecule is COC(=O)c1ccc(N2Cc3ccc(N)cc3C2)nn1. The molecule has 0 atom stereocenters. The second-order valence-corrected chi connectivity index (χ2v) is 4.65. The van der Waals surface area contributed by atoms with Gasteiger partial charge >= 0.3 is 5.97 Å². The standard InChI is InChI=1S/C14H14N4O2/c1-20-14(19)12-4-5-13(17-16-12)18-7-9-2-3-11(15)6-10(9)8-18/h2-6H,7-8,15H2,1H3. The van der Waals surface area contributed by atoms with E-state index in [1.165, 1.54) is 18.2 Å². The van der Waals surface area contributed by atoms with Crippen molar-refractivity contribution >= 4 is 17.5 Å². The number of hydrogen-bond donors (Lipinski definition) is 1. The third-order valence-corrected chi connectivity index (χ3v) is 3.32. The fourth-order valence-electron chi connectivity index (χ4n) is 2.28. The van der Waals surface area contributed by atoms with Gasteiger partial charge in [-0.25, -0.2) is 4.79 Å². The quantitative estimate of drug-likeness (QED) is 0.655. The summed E-state index contributed by atoms with van der Waals surface area (Å²) in [7, 11) is 1.32. The van der Waals surface area contributed by atoms with Crippen LogP contribution in [0.5, 0.6) is 0 Å². The van der Waals surface area contributed by atoms with Crippen molar-refractivity contribution in [2.75, 3.05) is 17.7 Å². The first-order chi connectivity index (χ1) is 9.67. The van der Waals surface area contributed by atoms with E-state index in [1.807, 2.05) is 18.2 Å². The third-order valence-electron chi connectivity index (χ3n) is 3.32. The number of aromatic nitrogens is 2. The molecule has 2 heterocycles. The number of ether oxygens (including phenoxy) is 1. The number of methoxy groups -OCH3 is 1. The molecule has 20 heavy (non-hydrogen) atoms. The molecule has 0 radical (unpaired) electrons. The highest BCUT2D eigenvalue weighted by Crippen LogP contribution is 2.27. The molecule has 1 aromatic carbocycles. The van der Waals surface area contributed by atoms with Gasteiger partial charge in [0.25, 0.3) is 0 Å². The van der Waals surface area contributed by atoms with Gasteiger partial charge in [-0.2, -0.15) is 0 Å². The summed E-state index contributed by atoms with van der Waals surface area (Å²) in [6.07, 6.45) is 0. The van der Waals surface area contributed by atoms with E-state index in [-0.39, 0.29) is 5.69 Å². The number of nitrogen functional groups attached to an aromatic ring is 1. The van der Waals surface area contributed by atoms with Crippen LogP contribution in [0, 0.1) is 0 Å². The van der Waals surface area contributed by atoms with E-state index in [2.05, 4.69) is 19.8 Å². The first-order valence-corrected chi connectivity index (χ1v) is 6.21. The monoisotopic (exact) mass is 270 g/mol. The second kappa shape index (κ2) is 4.80. The molecular formula is C14H14N4O2. The number of carbonyl (C=O) groups is 1. The van der Waals surface area contributed by atoms with E-state index in [0.717, 1.165) is 24.6 Å². The predicted octanol–water partition coefficient (Wildman–Crippen LogP) is 1.37. The van der Waals surface area contributed by atoms with Gasteiger partial charge in [0.15, 0.2) is 11.5 Å². The fourth-order valence-corrected chi connectivity index (χ4v) is 2.28. The van der Waals surface area contributed by atoms with Crippen LogP contribution in [-0.4, -0.2) is 23.3 Å². The molecule has 0 amide bonds. The molecule has 0 saturated heterocycles. The second-order valence-electron chi connectivity index (χ2n) is 4.65. The Morgan fingerprint density at radius 1 is 1.20 bits per heavy atom. The molecule has 1 aliphatic rings. The van der Waals surface area contributed by atoms with E-state index in [4.69, 9.17) is 5.73 Å². The van der Waals surface area contributed by atoms with Gasteiger partial charge in [-0.15, -0.1) is 10.2 Å². The lowest BCUT2D eigenvalue weighted by atomic mass is 10.1. The van der Waals surface area contributed by atoms with Crippen molar-refractivity contribution in [1.29, 1.82) is 0 Å². The molecule has 6 nitrogen and oxygen atoms in total. The summed E-state index contributed by atoms with van der Waals surface area (Å²) in [6, 6.07) is 9.29. The van der Waals surface area contributed by atoms with E-state index < -0.39 is 5.97 Å². The largest absolute Gasteiger partial charge is 0.464 e. The van der Waals surface area contributed by atoms with Crippen LogP contribution in [0.25, 0.3) is 0 Å². The molecule has 3 rings (SSSR count). The summed E-state index contributed by atoms with van der Waals surface area (Å²) >= 11 is 0. The molecule has 2 N–H and O–H groups in total. The van der Waals surface area contributed by atoms with Gasteiger partial charge in [-0.05, 0) is 35.4 Å². The van der Waals surface area contributed by atoms with Crippen LogP contribution in [0.15, 0.2) is 30.3 Å². The third kappa shape index (κ3) is 2.16. The van der Waals surface area contributed by atoms with Gasteiger partial charge in [0.2, 0.25) is 0 Å². The number of esters is 1. The fraction of sp³-hybridized carbons (Fsp3) is 0.214. The molecule has 2 aromatic rings. The Balaban J connectivity index is 1.80. The van der Waals surface area contributed by atoms with Crippen molar-refractivity contribution < 1.29 is 9.53 Å². The molecule has 0 saturated carbocycles. The van der Waals surface area contributed by atoms with Crippen molar-refractivity contribution in [2.45, 2.75) is 13.1 Å². The van der Waals surface area contributed by atoms with Crippen LogP contribution in [0.1, 0.15) is 21.6 Å². The number of carbonyl (C=O) groups excluding carboxylic acids is 1. The Bertz CT molecular complexity index is 655. The minimum absolute atomic E-state index is 0.206. The van der Waals surface area contributed by atoms with Gasteiger partial charge in [0.1, 0.15) is 0 Å². The average Bonchev–Trinajstić information content (AvgIpc) is 2.89. The lowest BCUT2D eigenvalue weighted by Crippen LogP contribution is -2.17. The average molecular weight is 270 g/mol. The van der Waals surface area contributed by atoms with Crippen molar-refractivity contribution in [3.8, 4) is 0 Å². The Labute approximate surface area is 116 Å². The molecule has 0 spiro atoms. The maximum Gasteiger partial charge on any atom is 0.358 e. The molecule has 1 aliphatic heterocycles. The van der Waals surface area contributed by atoms with Crippen LogP contribution in [0.4, 0.5) is 11.5 Å². The molecule has 0 bridgehead atoms. The summed E-state index contributed by atoms with van der Waals surface area (Å²) in [4.78, 5) is 13.4. The number of benzene rings is 1. The number of rotatable bonds is 2. The van der Waals surface area contributed by atoms with Crippen molar-refractivity contribution in [3.05, 3.63) is 47.2 Å². The van der Waals surface area contributed by atoms with Gasteiger partial charge in [-0.3, -0.25) is 0 Å². The number of hydrogen-bond acceptors (Lipinski definition) is 6. The normalized spacial score (nSPS) is 13.2. The molecule has 102 valence electrons. The van der Waals surface area contributed by atoms with Crippen molar-refractivity contribution in [2.24, 2.45) is 0 Å². The number of nitrogens with two attached hydrogens (primary N) is 1. The van der Waals surface area contributed by atoms with Gasteiger partial charge in [0.05, 0.1) is 7.11 Å². The lowest BCUT2D eigenvalue weighted by Gasteiger charge is -2.15. The molecule has 1 aromatic heterocycles. The predicted molar refractivity (Wildman–Crippen MR) is 74.1 cm³/mol. The number of anilines is 2. The topological polar surface area (TPSA) is 81.3 Å². The zero-order valence-corrected chi connectivity index (χ0v) is 11.0. The zero-order chi connectivity index (χ0) is 14.1. The highest BCUT2D eigenvalue weighted by molar-refractivity contribution is 5.87. The van der Waals surface area contributed by atoms with Crippen LogP contribution >= 0.6 is 0 Å². The Hall–Kier alpha value is -2.63. The summed E-state index contributed by atoms with van der Waals surface area (Å²) in [5.74, 6) is 0.244. The first kappa shape index (κ1) is 12.4. The minimum atomic E-state index is -0.485. The van der Waals surface area contributed by atoms with Crippen LogP contribution in [0.3, 0.4) is 0 Å². The maximum atomic E-state index is 11.3. The molecule has 0 fully saturated rings. The summed E-state index contributed by atoms with van der Waals surface area (Å²) in [5.41, 5.74) is 9.19. The van der Waals surface area contributed by atoms with Crippen LogP contribution in [0.2, 0.25) is 0 Å².